The first-order valence-corrected chi connectivity index (χ1v) is 6.66. The summed E-state index contributed by atoms with van der Waals surface area (Å²) in [5.41, 5.74) is 0.0931. The molecule has 104 valence electrons. The number of rotatable bonds is 3. The Morgan fingerprint density at radius 2 is 2.32 bits per heavy atom. The van der Waals surface area contributed by atoms with Gasteiger partial charge in [0.25, 0.3) is 5.91 Å². The van der Waals surface area contributed by atoms with Crippen LogP contribution < -0.4 is 5.56 Å². The maximum Gasteiger partial charge on any atom is 0.270 e. The van der Waals surface area contributed by atoms with Crippen LogP contribution in [0.4, 0.5) is 0 Å². The van der Waals surface area contributed by atoms with E-state index in [1.165, 1.54) is 6.07 Å². The van der Waals surface area contributed by atoms with Crippen LogP contribution in [0, 0.1) is 5.92 Å². The van der Waals surface area contributed by atoms with Gasteiger partial charge in [-0.25, -0.2) is 0 Å². The van der Waals surface area contributed by atoms with E-state index in [-0.39, 0.29) is 17.6 Å². The lowest BCUT2D eigenvalue weighted by atomic mass is 10.0. The van der Waals surface area contributed by atoms with Gasteiger partial charge < -0.3 is 14.6 Å². The molecule has 1 saturated heterocycles. The van der Waals surface area contributed by atoms with E-state index < -0.39 is 0 Å². The van der Waals surface area contributed by atoms with E-state index in [9.17, 15) is 9.59 Å². The second-order valence-corrected chi connectivity index (χ2v) is 5.30. The minimum atomic E-state index is -0.252. The molecule has 0 spiro atoms. The van der Waals surface area contributed by atoms with Gasteiger partial charge in [0.2, 0.25) is 5.56 Å². The third-order valence-corrected chi connectivity index (χ3v) is 3.16. The number of hydrogen-bond acceptors (Lipinski definition) is 3. The summed E-state index contributed by atoms with van der Waals surface area (Å²) in [5, 5.41) is 0. The zero-order chi connectivity index (χ0) is 13.8. The standard InChI is InChI=1S/C14H20N2O3/c1-10(2)8-11-9-16(6-7-19-11)14(18)12-4-3-5-13(17)15-12/h3-5,10-11H,6-9H2,1-2H3,(H,15,17)/t11-/m0/s1. The van der Waals surface area contributed by atoms with Crippen LogP contribution in [0.3, 0.4) is 0 Å². The normalized spacial score (nSPS) is 19.7. The predicted octanol–water partition coefficient (Wildman–Crippen LogP) is 1.26. The van der Waals surface area contributed by atoms with Crippen molar-refractivity contribution in [1.29, 1.82) is 0 Å². The summed E-state index contributed by atoms with van der Waals surface area (Å²) < 4.78 is 5.66. The largest absolute Gasteiger partial charge is 0.375 e. The van der Waals surface area contributed by atoms with Crippen LogP contribution in [-0.2, 0) is 4.74 Å². The van der Waals surface area contributed by atoms with Crippen molar-refractivity contribution in [3.8, 4) is 0 Å². The average Bonchev–Trinajstić information content (AvgIpc) is 2.37. The fraction of sp³-hybridized carbons (Fsp3) is 0.571. The molecule has 0 aromatic carbocycles. The number of carbonyl (C=O) groups is 1. The number of pyridine rings is 1. The van der Waals surface area contributed by atoms with Gasteiger partial charge in [0.15, 0.2) is 0 Å². The molecule has 1 aliphatic rings. The summed E-state index contributed by atoms with van der Waals surface area (Å²) >= 11 is 0. The molecule has 1 fully saturated rings. The zero-order valence-corrected chi connectivity index (χ0v) is 11.4. The van der Waals surface area contributed by atoms with Gasteiger partial charge in [0, 0.05) is 19.2 Å². The third-order valence-electron chi connectivity index (χ3n) is 3.16. The van der Waals surface area contributed by atoms with Crippen molar-refractivity contribution in [2.24, 2.45) is 5.92 Å². The van der Waals surface area contributed by atoms with Crippen LogP contribution >= 0.6 is 0 Å². The van der Waals surface area contributed by atoms with E-state index in [4.69, 9.17) is 4.74 Å². The molecule has 1 aromatic heterocycles. The monoisotopic (exact) mass is 264 g/mol. The number of nitrogens with zero attached hydrogens (tertiary/aromatic N) is 1. The smallest absolute Gasteiger partial charge is 0.270 e. The van der Waals surface area contributed by atoms with Crippen molar-refractivity contribution in [3.05, 3.63) is 34.2 Å². The highest BCUT2D eigenvalue weighted by molar-refractivity contribution is 5.92. The van der Waals surface area contributed by atoms with Gasteiger partial charge in [-0.3, -0.25) is 9.59 Å². The molecule has 0 saturated carbocycles. The molecule has 2 rings (SSSR count). The number of carbonyl (C=O) groups excluding carboxylic acids is 1. The molecular weight excluding hydrogens is 244 g/mol. The number of aromatic amines is 1. The van der Waals surface area contributed by atoms with E-state index in [0.717, 1.165) is 6.42 Å². The SMILES string of the molecule is CC(C)C[C@H]1CN(C(=O)c2cccc(=O)[nH]2)CCO1. The lowest BCUT2D eigenvalue weighted by Crippen LogP contribution is -2.46. The molecule has 5 heteroatoms. The Labute approximate surface area is 112 Å². The molecule has 1 N–H and O–H groups in total. The molecule has 19 heavy (non-hydrogen) atoms. The molecule has 1 aliphatic heterocycles. The van der Waals surface area contributed by atoms with Gasteiger partial charge >= 0.3 is 0 Å². The number of H-pyrrole nitrogens is 1. The topological polar surface area (TPSA) is 62.4 Å². The van der Waals surface area contributed by atoms with Gasteiger partial charge in [0.05, 0.1) is 12.7 Å². The summed E-state index contributed by atoms with van der Waals surface area (Å²) in [6, 6.07) is 4.63. The Balaban J connectivity index is 2.05. The molecule has 5 nitrogen and oxygen atoms in total. The van der Waals surface area contributed by atoms with Crippen molar-refractivity contribution >= 4 is 5.91 Å². The third kappa shape index (κ3) is 3.67. The van der Waals surface area contributed by atoms with Crippen molar-refractivity contribution in [3.63, 3.8) is 0 Å². The zero-order valence-electron chi connectivity index (χ0n) is 11.4. The van der Waals surface area contributed by atoms with E-state index >= 15 is 0 Å². The number of nitrogens with one attached hydrogen (secondary N) is 1. The van der Waals surface area contributed by atoms with Crippen molar-refractivity contribution < 1.29 is 9.53 Å². The maximum absolute atomic E-state index is 12.3. The van der Waals surface area contributed by atoms with E-state index in [1.807, 2.05) is 0 Å². The van der Waals surface area contributed by atoms with Gasteiger partial charge in [-0.1, -0.05) is 19.9 Å². The van der Waals surface area contributed by atoms with Crippen molar-refractivity contribution in [2.75, 3.05) is 19.7 Å². The van der Waals surface area contributed by atoms with Crippen LogP contribution in [0.5, 0.6) is 0 Å². The highest BCUT2D eigenvalue weighted by Crippen LogP contribution is 2.15. The second kappa shape index (κ2) is 6.02. The molecule has 0 aliphatic carbocycles. The molecule has 0 unspecified atom stereocenters. The second-order valence-electron chi connectivity index (χ2n) is 5.30. The summed E-state index contributed by atoms with van der Waals surface area (Å²) in [6.07, 6.45) is 1.03. The average molecular weight is 264 g/mol. The van der Waals surface area contributed by atoms with Crippen molar-refractivity contribution in [1.82, 2.24) is 9.88 Å². The first kappa shape index (κ1) is 13.8. The minimum Gasteiger partial charge on any atom is -0.375 e. The number of aromatic nitrogens is 1. The first-order valence-electron chi connectivity index (χ1n) is 6.66. The molecule has 0 bridgehead atoms. The minimum absolute atomic E-state index is 0.0909. The highest BCUT2D eigenvalue weighted by Gasteiger charge is 2.25. The first-order chi connectivity index (χ1) is 9.06. The van der Waals surface area contributed by atoms with E-state index in [0.29, 0.717) is 31.3 Å². The Bertz CT molecular complexity index is 495. The number of morpholine rings is 1. The van der Waals surface area contributed by atoms with Crippen LogP contribution in [0.15, 0.2) is 23.0 Å². The molecule has 1 aromatic rings. The molecular formula is C14H20N2O3. The van der Waals surface area contributed by atoms with Gasteiger partial charge in [-0.15, -0.1) is 0 Å². The van der Waals surface area contributed by atoms with Crippen LogP contribution in [0.1, 0.15) is 30.8 Å². The van der Waals surface area contributed by atoms with Crippen molar-refractivity contribution in [2.45, 2.75) is 26.4 Å². The Morgan fingerprint density at radius 1 is 1.53 bits per heavy atom. The summed E-state index contributed by atoms with van der Waals surface area (Å²) in [6.45, 7) is 6.00. The lowest BCUT2D eigenvalue weighted by molar-refractivity contribution is -0.0299. The molecule has 1 atom stereocenters. The van der Waals surface area contributed by atoms with Crippen LogP contribution in [0.25, 0.3) is 0 Å². The Morgan fingerprint density at radius 3 is 3.00 bits per heavy atom. The summed E-state index contributed by atoms with van der Waals surface area (Å²) in [7, 11) is 0. The van der Waals surface area contributed by atoms with Gasteiger partial charge in [0.1, 0.15) is 5.69 Å². The fourth-order valence-corrected chi connectivity index (χ4v) is 2.32. The molecule has 0 radical (unpaired) electrons. The summed E-state index contributed by atoms with van der Waals surface area (Å²) in [5.74, 6) is 0.409. The quantitative estimate of drug-likeness (QED) is 0.894. The Kier molecular flexibility index (Phi) is 4.37. The lowest BCUT2D eigenvalue weighted by Gasteiger charge is -2.33. The fourth-order valence-electron chi connectivity index (χ4n) is 2.32. The van der Waals surface area contributed by atoms with Crippen LogP contribution in [0.2, 0.25) is 0 Å². The Hall–Kier alpha value is -1.62. The highest BCUT2D eigenvalue weighted by atomic mass is 16.5. The van der Waals surface area contributed by atoms with Gasteiger partial charge in [-0.05, 0) is 18.4 Å². The van der Waals surface area contributed by atoms with E-state index in [1.54, 1.807) is 17.0 Å². The summed E-state index contributed by atoms with van der Waals surface area (Å²) in [4.78, 5) is 27.8. The van der Waals surface area contributed by atoms with E-state index in [2.05, 4.69) is 18.8 Å². The number of ether oxygens (including phenoxy) is 1. The molecule has 2 heterocycles. The molecule has 1 amide bonds. The number of hydrogen-bond donors (Lipinski definition) is 1. The van der Waals surface area contributed by atoms with Crippen LogP contribution in [-0.4, -0.2) is 41.6 Å². The maximum atomic E-state index is 12.3. The van der Waals surface area contributed by atoms with Gasteiger partial charge in [-0.2, -0.15) is 0 Å². The predicted molar refractivity (Wildman–Crippen MR) is 72.2 cm³/mol. The number of amides is 1.